The SMILES string of the molecule is CC1(C)OC[C@@H](CN2CCC(Nc3cccc4c3cc(I)n4CC(F)(F)F)CC2)O1. The van der Waals surface area contributed by atoms with Crippen LogP contribution in [0.25, 0.3) is 10.9 Å². The van der Waals surface area contributed by atoms with Gasteiger partial charge in [0.2, 0.25) is 0 Å². The van der Waals surface area contributed by atoms with Crippen molar-refractivity contribution in [1.29, 1.82) is 0 Å². The van der Waals surface area contributed by atoms with Crippen LogP contribution in [0, 0.1) is 3.70 Å². The summed E-state index contributed by atoms with van der Waals surface area (Å²) in [6, 6.07) is 7.66. The molecule has 0 bridgehead atoms. The molecule has 2 aliphatic heterocycles. The summed E-state index contributed by atoms with van der Waals surface area (Å²) >= 11 is 1.98. The lowest BCUT2D eigenvalue weighted by Gasteiger charge is -2.34. The summed E-state index contributed by atoms with van der Waals surface area (Å²) in [5.41, 5.74) is 1.51. The number of fused-ring (bicyclic) bond motifs is 1. The van der Waals surface area contributed by atoms with Crippen LogP contribution < -0.4 is 5.32 Å². The number of alkyl halides is 3. The number of nitrogens with one attached hydrogen (secondary N) is 1. The highest BCUT2D eigenvalue weighted by Gasteiger charge is 2.34. The van der Waals surface area contributed by atoms with Gasteiger partial charge in [-0.2, -0.15) is 13.2 Å². The van der Waals surface area contributed by atoms with Gasteiger partial charge in [-0.25, -0.2) is 0 Å². The predicted molar refractivity (Wildman–Crippen MR) is 119 cm³/mol. The summed E-state index contributed by atoms with van der Waals surface area (Å²) in [4.78, 5) is 2.40. The number of nitrogens with zero attached hydrogens (tertiary/aromatic N) is 2. The van der Waals surface area contributed by atoms with E-state index in [2.05, 4.69) is 10.2 Å². The van der Waals surface area contributed by atoms with E-state index in [0.29, 0.717) is 21.9 Å². The maximum Gasteiger partial charge on any atom is 0.406 e. The summed E-state index contributed by atoms with van der Waals surface area (Å²) in [5, 5.41) is 4.41. The van der Waals surface area contributed by atoms with Gasteiger partial charge in [-0.1, -0.05) is 6.07 Å². The van der Waals surface area contributed by atoms with Crippen LogP contribution in [-0.4, -0.2) is 59.8 Å². The molecule has 166 valence electrons. The molecule has 2 saturated heterocycles. The first-order valence-electron chi connectivity index (χ1n) is 10.2. The third-order valence-corrected chi connectivity index (χ3v) is 6.60. The molecular weight excluding hydrogens is 510 g/mol. The van der Waals surface area contributed by atoms with Crippen LogP contribution >= 0.6 is 22.6 Å². The van der Waals surface area contributed by atoms with Gasteiger partial charge in [-0.15, -0.1) is 0 Å². The number of hydrogen-bond donors (Lipinski definition) is 1. The number of halogens is 4. The molecule has 0 spiro atoms. The van der Waals surface area contributed by atoms with E-state index >= 15 is 0 Å². The Morgan fingerprint density at radius 1 is 1.23 bits per heavy atom. The second kappa shape index (κ2) is 8.48. The van der Waals surface area contributed by atoms with Crippen molar-refractivity contribution in [2.75, 3.05) is 31.6 Å². The minimum Gasteiger partial charge on any atom is -0.382 e. The first kappa shape index (κ1) is 22.2. The fourth-order valence-electron chi connectivity index (χ4n) is 4.34. The van der Waals surface area contributed by atoms with Gasteiger partial charge in [0.05, 0.1) is 21.9 Å². The maximum atomic E-state index is 13.0. The van der Waals surface area contributed by atoms with Crippen LogP contribution in [0.15, 0.2) is 24.3 Å². The second-order valence-corrected chi connectivity index (χ2v) is 9.68. The number of piperidine rings is 1. The third kappa shape index (κ3) is 5.23. The highest BCUT2D eigenvalue weighted by atomic mass is 127. The minimum absolute atomic E-state index is 0.105. The molecule has 0 aliphatic carbocycles. The largest absolute Gasteiger partial charge is 0.406 e. The Kier molecular flexibility index (Phi) is 6.26. The van der Waals surface area contributed by atoms with E-state index in [1.807, 2.05) is 54.6 Å². The lowest BCUT2D eigenvalue weighted by Crippen LogP contribution is -2.43. The van der Waals surface area contributed by atoms with Crippen LogP contribution in [0.1, 0.15) is 26.7 Å². The fourth-order valence-corrected chi connectivity index (χ4v) is 5.08. The number of anilines is 1. The lowest BCUT2D eigenvalue weighted by molar-refractivity contribution is -0.141. The summed E-state index contributed by atoms with van der Waals surface area (Å²) in [7, 11) is 0. The Morgan fingerprint density at radius 2 is 1.97 bits per heavy atom. The molecule has 1 aromatic carbocycles. The van der Waals surface area contributed by atoms with Gasteiger partial charge in [0, 0.05) is 36.7 Å². The number of ether oxygens (including phenoxy) is 2. The van der Waals surface area contributed by atoms with E-state index in [1.54, 1.807) is 6.07 Å². The van der Waals surface area contributed by atoms with Crippen molar-refractivity contribution in [2.24, 2.45) is 0 Å². The summed E-state index contributed by atoms with van der Waals surface area (Å²) in [5.74, 6) is -0.497. The first-order valence-corrected chi connectivity index (χ1v) is 11.3. The van der Waals surface area contributed by atoms with E-state index in [1.165, 1.54) is 4.57 Å². The van der Waals surface area contributed by atoms with Gasteiger partial charge in [-0.05, 0) is 67.5 Å². The summed E-state index contributed by atoms with van der Waals surface area (Å²) in [6.45, 7) is 6.31. The van der Waals surface area contributed by atoms with Crippen LogP contribution in [-0.2, 0) is 16.0 Å². The Labute approximate surface area is 188 Å². The Morgan fingerprint density at radius 3 is 2.60 bits per heavy atom. The standard InChI is InChI=1S/C21H27F3IN3O2/c1-20(2)29-12-15(30-20)11-27-8-6-14(7-9-27)26-17-4-3-5-18-16(17)10-19(25)28(18)13-21(22,23)24/h3-5,10,14-15,26H,6-9,11-13H2,1-2H3/t15-/m1/s1. The molecular formula is C21H27F3IN3O2. The van der Waals surface area contributed by atoms with Crippen molar-refractivity contribution >= 4 is 39.2 Å². The molecule has 2 aromatic rings. The minimum atomic E-state index is -4.24. The molecule has 0 radical (unpaired) electrons. The van der Waals surface area contributed by atoms with Gasteiger partial charge in [0.25, 0.3) is 0 Å². The topological polar surface area (TPSA) is 38.7 Å². The van der Waals surface area contributed by atoms with Gasteiger partial charge in [-0.3, -0.25) is 0 Å². The molecule has 4 rings (SSSR count). The zero-order valence-electron chi connectivity index (χ0n) is 17.1. The van der Waals surface area contributed by atoms with Gasteiger partial charge in [0.15, 0.2) is 5.79 Å². The molecule has 1 aromatic heterocycles. The van der Waals surface area contributed by atoms with Crippen LogP contribution in [0.3, 0.4) is 0 Å². The van der Waals surface area contributed by atoms with Crippen molar-refractivity contribution in [3.05, 3.63) is 28.0 Å². The average molecular weight is 537 g/mol. The molecule has 0 amide bonds. The molecule has 1 atom stereocenters. The normalized spacial score (nSPS) is 23.3. The molecule has 2 aliphatic rings. The van der Waals surface area contributed by atoms with Crippen molar-refractivity contribution in [1.82, 2.24) is 9.47 Å². The molecule has 0 unspecified atom stereocenters. The number of aromatic nitrogens is 1. The molecule has 3 heterocycles. The number of hydrogen-bond acceptors (Lipinski definition) is 4. The van der Waals surface area contributed by atoms with E-state index in [4.69, 9.17) is 9.47 Å². The van der Waals surface area contributed by atoms with Gasteiger partial charge in [0.1, 0.15) is 6.54 Å². The molecule has 9 heteroatoms. The van der Waals surface area contributed by atoms with Crippen molar-refractivity contribution < 1.29 is 22.6 Å². The Hall–Kier alpha value is -1.04. The number of likely N-dealkylation sites (tertiary alicyclic amines) is 1. The number of rotatable bonds is 5. The van der Waals surface area contributed by atoms with Gasteiger partial charge >= 0.3 is 6.18 Å². The first-order chi connectivity index (χ1) is 14.1. The van der Waals surface area contributed by atoms with E-state index < -0.39 is 18.5 Å². The third-order valence-electron chi connectivity index (χ3n) is 5.71. The smallest absolute Gasteiger partial charge is 0.382 e. The maximum absolute atomic E-state index is 13.0. The molecule has 0 saturated carbocycles. The van der Waals surface area contributed by atoms with Crippen molar-refractivity contribution in [3.63, 3.8) is 0 Å². The monoisotopic (exact) mass is 537 g/mol. The van der Waals surface area contributed by atoms with E-state index in [-0.39, 0.29) is 6.10 Å². The molecule has 30 heavy (non-hydrogen) atoms. The van der Waals surface area contributed by atoms with E-state index in [0.717, 1.165) is 43.5 Å². The van der Waals surface area contributed by atoms with Crippen LogP contribution in [0.4, 0.5) is 18.9 Å². The number of benzene rings is 1. The highest BCUT2D eigenvalue weighted by Crippen LogP contribution is 2.32. The van der Waals surface area contributed by atoms with Crippen LogP contribution in [0.2, 0.25) is 0 Å². The van der Waals surface area contributed by atoms with Crippen molar-refractivity contribution in [2.45, 2.75) is 57.3 Å². The molecule has 5 nitrogen and oxygen atoms in total. The lowest BCUT2D eigenvalue weighted by atomic mass is 10.0. The fraction of sp³-hybridized carbons (Fsp3) is 0.619. The summed E-state index contributed by atoms with van der Waals surface area (Å²) in [6.07, 6.45) is -2.18. The zero-order chi connectivity index (χ0) is 21.5. The van der Waals surface area contributed by atoms with Crippen molar-refractivity contribution in [3.8, 4) is 0 Å². The Balaban J connectivity index is 1.38. The zero-order valence-corrected chi connectivity index (χ0v) is 19.3. The Bertz CT molecular complexity index is 891. The molecule has 2 fully saturated rings. The molecule has 1 N–H and O–H groups in total. The van der Waals surface area contributed by atoms with E-state index in [9.17, 15) is 13.2 Å². The predicted octanol–water partition coefficient (Wildman–Crippen LogP) is 4.84. The van der Waals surface area contributed by atoms with Crippen LogP contribution in [0.5, 0.6) is 0 Å². The van der Waals surface area contributed by atoms with Gasteiger partial charge < -0.3 is 24.3 Å². The highest BCUT2D eigenvalue weighted by molar-refractivity contribution is 14.1. The second-order valence-electron chi connectivity index (χ2n) is 8.58. The average Bonchev–Trinajstić information content (AvgIpc) is 3.15. The quantitative estimate of drug-likeness (QED) is 0.555. The summed E-state index contributed by atoms with van der Waals surface area (Å²) < 4.78 is 52.4.